The summed E-state index contributed by atoms with van der Waals surface area (Å²) in [5.74, 6) is -1.76. The smallest absolute Gasteiger partial charge is 0.311 e. The van der Waals surface area contributed by atoms with Crippen molar-refractivity contribution in [3.05, 3.63) is 54.6 Å². The number of fused-ring (bicyclic) bond motifs is 1. The van der Waals surface area contributed by atoms with Gasteiger partial charge in [0.2, 0.25) is 5.91 Å². The number of rotatable bonds is 14. The Morgan fingerprint density at radius 3 is 2.65 bits per heavy atom. The minimum atomic E-state index is -0.693. The molecule has 40 heavy (non-hydrogen) atoms. The van der Waals surface area contributed by atoms with E-state index >= 15 is 0 Å². The summed E-state index contributed by atoms with van der Waals surface area (Å²) in [6, 6.07) is 5.36. The number of benzene rings is 1. The number of nitrogens with zero attached hydrogens (tertiary/aromatic N) is 2. The summed E-state index contributed by atoms with van der Waals surface area (Å²) < 4.78 is 4.57. The van der Waals surface area contributed by atoms with Gasteiger partial charge in [-0.3, -0.25) is 14.4 Å². The van der Waals surface area contributed by atoms with E-state index < -0.39 is 27.4 Å². The Balaban J connectivity index is 1.73. The molecule has 3 heterocycles. The molecule has 218 valence electrons. The van der Waals surface area contributed by atoms with Crippen LogP contribution in [0.4, 0.5) is 5.69 Å². The number of allylic oxidation sites excluding steroid dienone is 1. The first-order valence-corrected chi connectivity index (χ1v) is 15.4. The number of hydrogen-bond acceptors (Lipinski definition) is 6. The Hall–Kier alpha value is -2.58. The molecule has 3 aliphatic rings. The van der Waals surface area contributed by atoms with Crippen molar-refractivity contribution < 1.29 is 24.2 Å². The highest BCUT2D eigenvalue weighted by atomic mass is 32.2. The molecule has 8 heteroatoms. The zero-order chi connectivity index (χ0) is 29.1. The van der Waals surface area contributed by atoms with Crippen LogP contribution in [-0.2, 0) is 19.1 Å². The molecule has 2 bridgehead atoms. The highest BCUT2D eigenvalue weighted by molar-refractivity contribution is 8.02. The number of esters is 1. The van der Waals surface area contributed by atoms with E-state index in [1.165, 1.54) is 0 Å². The van der Waals surface area contributed by atoms with Crippen molar-refractivity contribution in [1.82, 2.24) is 4.90 Å². The molecule has 2 unspecified atom stereocenters. The van der Waals surface area contributed by atoms with E-state index in [2.05, 4.69) is 20.1 Å². The molecular formula is C32H44N2O5S. The number of likely N-dealkylation sites (tertiary alicyclic amines) is 1. The zero-order valence-corrected chi connectivity index (χ0v) is 25.0. The summed E-state index contributed by atoms with van der Waals surface area (Å²) in [6.45, 7) is 14.8. The number of anilines is 1. The number of carbonyl (C=O) groups is 3. The molecule has 1 aromatic rings. The van der Waals surface area contributed by atoms with E-state index in [0.29, 0.717) is 45.4 Å². The molecule has 7 nitrogen and oxygen atoms in total. The van der Waals surface area contributed by atoms with Gasteiger partial charge in [0.15, 0.2) is 0 Å². The lowest BCUT2D eigenvalue weighted by molar-refractivity contribution is -0.155. The second-order valence-corrected chi connectivity index (χ2v) is 13.6. The maximum Gasteiger partial charge on any atom is 0.311 e. The quantitative estimate of drug-likeness (QED) is 0.194. The highest BCUT2D eigenvalue weighted by Gasteiger charge is 2.77. The van der Waals surface area contributed by atoms with Crippen molar-refractivity contribution in [3.63, 3.8) is 0 Å². The molecule has 0 aliphatic carbocycles. The van der Waals surface area contributed by atoms with Crippen LogP contribution < -0.4 is 4.90 Å². The van der Waals surface area contributed by atoms with E-state index in [1.54, 1.807) is 33.7 Å². The maximum atomic E-state index is 14.7. The molecule has 2 amide bonds. The second-order valence-electron chi connectivity index (χ2n) is 11.7. The van der Waals surface area contributed by atoms with E-state index in [9.17, 15) is 19.5 Å². The largest absolute Gasteiger partial charge is 0.465 e. The number of hydrogen-bond donors (Lipinski definition) is 1. The Morgan fingerprint density at radius 2 is 1.95 bits per heavy atom. The van der Waals surface area contributed by atoms with E-state index in [4.69, 9.17) is 4.74 Å². The summed E-state index contributed by atoms with van der Waals surface area (Å²) in [6.07, 6.45) is 8.51. The lowest BCUT2D eigenvalue weighted by Gasteiger charge is -2.37. The Kier molecular flexibility index (Phi) is 9.51. The van der Waals surface area contributed by atoms with Gasteiger partial charge in [-0.1, -0.05) is 24.3 Å². The first-order valence-electron chi connectivity index (χ1n) is 14.5. The van der Waals surface area contributed by atoms with Gasteiger partial charge in [-0.05, 0) is 82.9 Å². The first-order chi connectivity index (χ1) is 19.1. The minimum Gasteiger partial charge on any atom is -0.465 e. The van der Waals surface area contributed by atoms with Gasteiger partial charge < -0.3 is 19.6 Å². The number of carbonyl (C=O) groups excluding carboxylic acids is 3. The van der Waals surface area contributed by atoms with Gasteiger partial charge >= 0.3 is 5.97 Å². The summed E-state index contributed by atoms with van der Waals surface area (Å²) >= 11 is 1.66. The molecule has 3 fully saturated rings. The predicted molar refractivity (Wildman–Crippen MR) is 160 cm³/mol. The number of aliphatic hydroxyl groups excluding tert-OH is 1. The van der Waals surface area contributed by atoms with Crippen LogP contribution in [-0.4, -0.2) is 69.6 Å². The molecule has 3 saturated heterocycles. The minimum absolute atomic E-state index is 0.0938. The van der Waals surface area contributed by atoms with Crippen LogP contribution >= 0.6 is 11.8 Å². The van der Waals surface area contributed by atoms with Gasteiger partial charge in [0.1, 0.15) is 6.04 Å². The van der Waals surface area contributed by atoms with Crippen LogP contribution in [0.5, 0.6) is 0 Å². The average Bonchev–Trinajstić information content (AvgIpc) is 3.49. The van der Waals surface area contributed by atoms with Gasteiger partial charge in [-0.15, -0.1) is 24.9 Å². The fraction of sp³-hybridized carbons (Fsp3) is 0.594. The van der Waals surface area contributed by atoms with E-state index in [-0.39, 0.29) is 24.4 Å². The van der Waals surface area contributed by atoms with E-state index in [1.807, 2.05) is 32.0 Å². The van der Waals surface area contributed by atoms with Crippen molar-refractivity contribution in [2.45, 2.75) is 81.3 Å². The molecule has 5 atom stereocenters. The van der Waals surface area contributed by atoms with Gasteiger partial charge in [0.25, 0.3) is 5.91 Å². The number of ether oxygens (including phenoxy) is 1. The number of unbranched alkanes of at least 4 members (excludes halogenated alkanes) is 3. The van der Waals surface area contributed by atoms with Crippen LogP contribution in [0.15, 0.2) is 43.5 Å². The first kappa shape index (κ1) is 30.4. The normalized spacial score (nSPS) is 28.4. The molecule has 1 spiro atoms. The van der Waals surface area contributed by atoms with Crippen molar-refractivity contribution in [2.75, 3.05) is 31.2 Å². The molecule has 4 rings (SSSR count). The van der Waals surface area contributed by atoms with Crippen molar-refractivity contribution in [2.24, 2.45) is 11.8 Å². The number of aryl methyl sites for hydroxylation is 2. The molecule has 1 aromatic carbocycles. The van der Waals surface area contributed by atoms with Crippen LogP contribution in [0.1, 0.15) is 63.0 Å². The van der Waals surface area contributed by atoms with Crippen molar-refractivity contribution in [3.8, 4) is 0 Å². The third kappa shape index (κ3) is 5.37. The molecule has 3 aliphatic heterocycles. The van der Waals surface area contributed by atoms with Gasteiger partial charge in [-0.2, -0.15) is 0 Å². The standard InChI is InChI=1S/C32H44N2O5S/c1-6-8-12-20-39-30(38)26-25-28(36)34(18-10-9-11-19-35)27(32(25)16-15-31(26,5)40-32)29(37)33(17-7-2)24-21-22(3)13-14-23(24)4/h6-7,13-14,21,25-27,35H,1-2,8-12,15-20H2,3-5H3/t25-,26+,27?,31-,32?/m0/s1. The zero-order valence-electron chi connectivity index (χ0n) is 24.2. The molecule has 0 aromatic heterocycles. The number of amides is 2. The summed E-state index contributed by atoms with van der Waals surface area (Å²) in [5.41, 5.74) is 2.84. The Bertz CT molecular complexity index is 1150. The predicted octanol–water partition coefficient (Wildman–Crippen LogP) is 4.98. The molecular weight excluding hydrogens is 524 g/mol. The van der Waals surface area contributed by atoms with Crippen molar-refractivity contribution in [1.29, 1.82) is 0 Å². The van der Waals surface area contributed by atoms with Crippen molar-refractivity contribution >= 4 is 35.2 Å². The number of aliphatic hydroxyl groups is 1. The van der Waals surface area contributed by atoms with Gasteiger partial charge in [0, 0.05) is 30.1 Å². The number of thioether (sulfide) groups is 1. The summed E-state index contributed by atoms with van der Waals surface area (Å²) in [4.78, 5) is 46.0. The molecule has 0 saturated carbocycles. The topological polar surface area (TPSA) is 87.1 Å². The van der Waals surface area contributed by atoms with Crippen LogP contribution in [0, 0.1) is 25.7 Å². The Morgan fingerprint density at radius 1 is 1.18 bits per heavy atom. The fourth-order valence-corrected chi connectivity index (χ4v) is 9.30. The fourth-order valence-electron chi connectivity index (χ4n) is 6.96. The second kappa shape index (κ2) is 12.5. The monoisotopic (exact) mass is 568 g/mol. The SMILES string of the molecule is C=CCCCOC(=O)[C@H]1[C@H]2C(=O)N(CCCCCO)C(C(=O)N(CC=C)c3cc(C)ccc3C)C23CC[C@]1(C)S3. The molecule has 0 radical (unpaired) electrons. The van der Waals surface area contributed by atoms with Crippen LogP contribution in [0.2, 0.25) is 0 Å². The lowest BCUT2D eigenvalue weighted by atomic mass is 9.66. The third-order valence-corrected chi connectivity index (χ3v) is 10.8. The van der Waals surface area contributed by atoms with Crippen LogP contribution in [0.3, 0.4) is 0 Å². The van der Waals surface area contributed by atoms with Gasteiger partial charge in [-0.25, -0.2) is 0 Å². The van der Waals surface area contributed by atoms with Gasteiger partial charge in [0.05, 0.1) is 23.2 Å². The average molecular weight is 569 g/mol. The molecule has 1 N–H and O–H groups in total. The Labute approximate surface area is 243 Å². The summed E-state index contributed by atoms with van der Waals surface area (Å²) in [7, 11) is 0. The highest BCUT2D eigenvalue weighted by Crippen LogP contribution is 2.71. The van der Waals surface area contributed by atoms with E-state index in [0.717, 1.165) is 36.1 Å². The lowest BCUT2D eigenvalue weighted by Crippen LogP contribution is -2.55. The third-order valence-electron chi connectivity index (χ3n) is 8.85. The maximum absolute atomic E-state index is 14.7. The van der Waals surface area contributed by atoms with Crippen LogP contribution in [0.25, 0.3) is 0 Å². The summed E-state index contributed by atoms with van der Waals surface area (Å²) in [5, 5.41) is 9.29.